The number of likely N-dealkylation sites (N-methyl/N-ethyl adjacent to an activating group) is 1. The predicted molar refractivity (Wildman–Crippen MR) is 143 cm³/mol. The van der Waals surface area contributed by atoms with Crippen LogP contribution in [0.4, 0.5) is 5.69 Å². The van der Waals surface area contributed by atoms with Crippen molar-refractivity contribution in [1.29, 1.82) is 5.26 Å². The van der Waals surface area contributed by atoms with Crippen LogP contribution in [0.25, 0.3) is 0 Å². The first-order valence-electron chi connectivity index (χ1n) is 13.9. The molecule has 1 aromatic rings. The maximum absolute atomic E-state index is 13.3. The number of aliphatic hydroxyl groups is 1. The Bertz CT molecular complexity index is 1110. The Morgan fingerprint density at radius 2 is 1.86 bits per heavy atom. The molecule has 3 saturated heterocycles. The Balaban J connectivity index is 1.16. The molecule has 1 unspecified atom stereocenters. The molecule has 1 saturated carbocycles. The molecule has 5 aliphatic rings. The van der Waals surface area contributed by atoms with Gasteiger partial charge in [-0.1, -0.05) is 24.4 Å². The topological polar surface area (TPSA) is 86.4 Å². The van der Waals surface area contributed by atoms with Gasteiger partial charge in [0.15, 0.2) is 0 Å². The van der Waals surface area contributed by atoms with Crippen molar-refractivity contribution in [2.24, 2.45) is 16.9 Å². The molecule has 1 amide bonds. The molecule has 0 bridgehead atoms. The van der Waals surface area contributed by atoms with Gasteiger partial charge >= 0.3 is 0 Å². The van der Waals surface area contributed by atoms with Gasteiger partial charge in [0.05, 0.1) is 34.5 Å². The minimum absolute atomic E-state index is 0.0542. The quantitative estimate of drug-likeness (QED) is 0.653. The van der Waals surface area contributed by atoms with Crippen molar-refractivity contribution in [1.82, 2.24) is 14.7 Å². The van der Waals surface area contributed by atoms with Gasteiger partial charge in [-0.3, -0.25) is 14.7 Å². The second-order valence-electron chi connectivity index (χ2n) is 11.7. The fourth-order valence-corrected chi connectivity index (χ4v) is 7.63. The van der Waals surface area contributed by atoms with Crippen LogP contribution in [0.15, 0.2) is 23.3 Å². The molecule has 4 fully saturated rings. The summed E-state index contributed by atoms with van der Waals surface area (Å²) in [5, 5.41) is 26.9. The number of amides is 1. The summed E-state index contributed by atoms with van der Waals surface area (Å²) in [6.45, 7) is 3.18. The molecule has 0 spiro atoms. The number of aliphatic hydroxyl groups excluding tert-OH is 1. The van der Waals surface area contributed by atoms with E-state index in [9.17, 15) is 15.2 Å². The van der Waals surface area contributed by atoms with E-state index in [0.29, 0.717) is 60.4 Å². The normalized spacial score (nSPS) is 31.2. The molecule has 1 aliphatic carbocycles. The largest absolute Gasteiger partial charge is 0.393 e. The van der Waals surface area contributed by atoms with E-state index in [2.05, 4.69) is 27.9 Å². The SMILES string of the molecule is CN1[C@@H](C(=O)N2CCC(O)CC2)C[C@@H]2CN(C3=NN(c4ccc(C#N)c(Cl)c4)C(C4CCCC4)C3)C[C@@H]21. The van der Waals surface area contributed by atoms with Crippen LogP contribution < -0.4 is 5.01 Å². The molecule has 4 atom stereocenters. The Morgan fingerprint density at radius 1 is 1.11 bits per heavy atom. The number of hydrogen-bond acceptors (Lipinski definition) is 7. The second-order valence-corrected chi connectivity index (χ2v) is 12.1. The number of nitriles is 1. The smallest absolute Gasteiger partial charge is 0.239 e. The van der Waals surface area contributed by atoms with Crippen molar-refractivity contribution in [2.75, 3.05) is 38.2 Å². The molecule has 8 nitrogen and oxygen atoms in total. The van der Waals surface area contributed by atoms with Crippen LogP contribution in [0, 0.1) is 23.2 Å². The second kappa shape index (κ2) is 10.1. The van der Waals surface area contributed by atoms with Crippen molar-refractivity contribution in [2.45, 2.75) is 75.6 Å². The lowest BCUT2D eigenvalue weighted by Crippen LogP contribution is -2.50. The van der Waals surface area contributed by atoms with Gasteiger partial charge in [-0.25, -0.2) is 0 Å². The van der Waals surface area contributed by atoms with E-state index >= 15 is 0 Å². The number of carbonyl (C=O) groups is 1. The zero-order valence-corrected chi connectivity index (χ0v) is 22.4. The number of carbonyl (C=O) groups excluding carboxylic acids is 1. The Kier molecular flexibility index (Phi) is 6.81. The number of benzene rings is 1. The molecular formula is C28H37ClN6O2. The van der Waals surface area contributed by atoms with Gasteiger partial charge in [-0.05, 0) is 69.2 Å². The summed E-state index contributed by atoms with van der Waals surface area (Å²) in [6.07, 6.45) is 7.97. The van der Waals surface area contributed by atoms with E-state index in [0.717, 1.165) is 37.5 Å². The highest BCUT2D eigenvalue weighted by molar-refractivity contribution is 6.32. The number of likely N-dealkylation sites (tertiary alicyclic amines) is 3. The average Bonchev–Trinajstić information content (AvgIpc) is 3.68. The number of rotatable bonds is 3. The molecule has 1 N–H and O–H groups in total. The van der Waals surface area contributed by atoms with Gasteiger partial charge in [0, 0.05) is 38.6 Å². The first kappa shape index (κ1) is 25.0. The summed E-state index contributed by atoms with van der Waals surface area (Å²) >= 11 is 6.40. The van der Waals surface area contributed by atoms with Crippen LogP contribution in [0.3, 0.4) is 0 Å². The van der Waals surface area contributed by atoms with Crippen LogP contribution in [0.1, 0.15) is 56.9 Å². The minimum Gasteiger partial charge on any atom is -0.393 e. The summed E-state index contributed by atoms with van der Waals surface area (Å²) in [4.78, 5) is 20.0. The Hall–Kier alpha value is -2.34. The molecule has 6 rings (SSSR count). The zero-order chi connectivity index (χ0) is 25.7. The van der Waals surface area contributed by atoms with Crippen molar-refractivity contribution in [3.8, 4) is 6.07 Å². The number of fused-ring (bicyclic) bond motifs is 1. The third-order valence-corrected chi connectivity index (χ3v) is 9.90. The van der Waals surface area contributed by atoms with Crippen LogP contribution >= 0.6 is 11.6 Å². The molecule has 1 aromatic carbocycles. The minimum atomic E-state index is -0.265. The van der Waals surface area contributed by atoms with Gasteiger partial charge in [0.25, 0.3) is 0 Å². The lowest BCUT2D eigenvalue weighted by molar-refractivity contribution is -0.138. The summed E-state index contributed by atoms with van der Waals surface area (Å²) in [5.41, 5.74) is 1.45. The van der Waals surface area contributed by atoms with Gasteiger partial charge < -0.3 is 14.9 Å². The predicted octanol–water partition coefficient (Wildman–Crippen LogP) is 3.28. The summed E-state index contributed by atoms with van der Waals surface area (Å²) in [6, 6.07) is 8.44. The number of hydrazone groups is 1. The van der Waals surface area contributed by atoms with Crippen LogP contribution in [-0.2, 0) is 4.79 Å². The third kappa shape index (κ3) is 4.60. The van der Waals surface area contributed by atoms with Crippen LogP contribution in [0.2, 0.25) is 5.02 Å². The van der Waals surface area contributed by atoms with E-state index < -0.39 is 0 Å². The molecular weight excluding hydrogens is 488 g/mol. The van der Waals surface area contributed by atoms with E-state index in [1.807, 2.05) is 17.0 Å². The molecule has 0 aromatic heterocycles. The van der Waals surface area contributed by atoms with E-state index in [4.69, 9.17) is 16.7 Å². The maximum atomic E-state index is 13.3. The summed E-state index contributed by atoms with van der Waals surface area (Å²) < 4.78 is 0. The average molecular weight is 525 g/mol. The fourth-order valence-electron chi connectivity index (χ4n) is 7.41. The van der Waals surface area contributed by atoms with E-state index in [1.165, 1.54) is 25.7 Å². The first-order chi connectivity index (χ1) is 17.9. The molecule has 9 heteroatoms. The summed E-state index contributed by atoms with van der Waals surface area (Å²) in [5.74, 6) is 2.46. The Morgan fingerprint density at radius 3 is 2.54 bits per heavy atom. The highest BCUT2D eigenvalue weighted by Gasteiger charge is 2.50. The number of halogens is 1. The number of hydrogen-bond donors (Lipinski definition) is 1. The molecule has 4 aliphatic heterocycles. The highest BCUT2D eigenvalue weighted by atomic mass is 35.5. The van der Waals surface area contributed by atoms with Crippen LogP contribution in [-0.4, -0.2) is 89.0 Å². The van der Waals surface area contributed by atoms with Crippen molar-refractivity contribution in [3.63, 3.8) is 0 Å². The highest BCUT2D eigenvalue weighted by Crippen LogP contribution is 2.41. The van der Waals surface area contributed by atoms with Gasteiger partial charge in [-0.2, -0.15) is 10.4 Å². The molecule has 0 radical (unpaired) electrons. The van der Waals surface area contributed by atoms with E-state index in [1.54, 1.807) is 6.07 Å². The monoisotopic (exact) mass is 524 g/mol. The first-order valence-corrected chi connectivity index (χ1v) is 14.3. The number of amidine groups is 1. The zero-order valence-electron chi connectivity index (χ0n) is 21.6. The lowest BCUT2D eigenvalue weighted by atomic mass is 9.94. The Labute approximate surface area is 224 Å². The van der Waals surface area contributed by atoms with Gasteiger partial charge in [-0.15, -0.1) is 0 Å². The maximum Gasteiger partial charge on any atom is 0.239 e. The molecule has 4 heterocycles. The number of anilines is 1. The standard InChI is InChI=1S/C28H37ClN6O2/c1-32-25(28(37)33-10-8-22(36)9-11-33)12-20-16-34(17-26(20)32)27-14-24(18-4-2-3-5-18)35(31-27)21-7-6-19(15-30)23(29)13-21/h6-7,13,18,20,22,24-26,36H,2-5,8-12,14,16-17H2,1H3/t20-,24?,25-,26+/m1/s1. The van der Waals surface area contributed by atoms with Crippen LogP contribution in [0.5, 0.6) is 0 Å². The van der Waals surface area contributed by atoms with Gasteiger partial charge in [0.2, 0.25) is 5.91 Å². The molecule has 37 heavy (non-hydrogen) atoms. The van der Waals surface area contributed by atoms with Gasteiger partial charge in [0.1, 0.15) is 11.9 Å². The van der Waals surface area contributed by atoms with Crippen molar-refractivity contribution < 1.29 is 9.90 Å². The number of nitrogens with zero attached hydrogens (tertiary/aromatic N) is 6. The van der Waals surface area contributed by atoms with Crippen molar-refractivity contribution in [3.05, 3.63) is 28.8 Å². The summed E-state index contributed by atoms with van der Waals surface area (Å²) in [7, 11) is 2.11. The molecule has 198 valence electrons. The number of piperidine rings is 1. The lowest BCUT2D eigenvalue weighted by Gasteiger charge is -2.34. The fraction of sp³-hybridized carbons (Fsp3) is 0.679. The van der Waals surface area contributed by atoms with Crippen molar-refractivity contribution >= 4 is 29.0 Å². The third-order valence-electron chi connectivity index (χ3n) is 9.58. The van der Waals surface area contributed by atoms with E-state index in [-0.39, 0.29) is 18.1 Å².